The third-order valence-corrected chi connectivity index (χ3v) is 3.12. The van der Waals surface area contributed by atoms with Crippen molar-refractivity contribution in [3.05, 3.63) is 45.9 Å². The molecule has 1 aliphatic rings. The van der Waals surface area contributed by atoms with Gasteiger partial charge in [-0.15, -0.1) is 15.3 Å². The van der Waals surface area contributed by atoms with Crippen LogP contribution in [0.15, 0.2) is 34.2 Å². The highest BCUT2D eigenvalue weighted by atomic mass is 16.5. The normalized spacial score (nSPS) is 13.3. The molecule has 8 heteroatoms. The molecule has 1 N–H and O–H groups in total. The number of amidine groups is 1. The van der Waals surface area contributed by atoms with Gasteiger partial charge in [0.25, 0.3) is 11.5 Å². The van der Waals surface area contributed by atoms with Gasteiger partial charge in [0.15, 0.2) is 5.84 Å². The molecule has 8 nitrogen and oxygen atoms in total. The zero-order chi connectivity index (χ0) is 15.0. The number of nitrogens with one attached hydrogen (secondary N) is 1. The zero-order valence-electron chi connectivity index (χ0n) is 11.9. The first-order chi connectivity index (χ1) is 10.1. The molecular formula is C13H14N6O2. The van der Waals surface area contributed by atoms with Crippen molar-refractivity contribution in [1.29, 1.82) is 0 Å². The van der Waals surface area contributed by atoms with Crippen molar-refractivity contribution in [2.24, 2.45) is 5.10 Å². The van der Waals surface area contributed by atoms with Crippen LogP contribution in [0.1, 0.15) is 11.3 Å². The zero-order valence-corrected chi connectivity index (χ0v) is 11.9. The number of hydrogen-bond acceptors (Lipinski definition) is 7. The summed E-state index contributed by atoms with van der Waals surface area (Å²) in [5, 5.41) is 13.7. The van der Waals surface area contributed by atoms with Crippen LogP contribution in [0.3, 0.4) is 0 Å². The van der Waals surface area contributed by atoms with Crippen LogP contribution in [-0.2, 0) is 0 Å². The Morgan fingerprint density at radius 2 is 1.90 bits per heavy atom. The van der Waals surface area contributed by atoms with E-state index in [-0.39, 0.29) is 5.56 Å². The van der Waals surface area contributed by atoms with Gasteiger partial charge in [0.2, 0.25) is 0 Å². The van der Waals surface area contributed by atoms with Crippen LogP contribution in [0, 0.1) is 6.92 Å². The van der Waals surface area contributed by atoms with Gasteiger partial charge in [0, 0.05) is 12.6 Å². The van der Waals surface area contributed by atoms with Crippen molar-refractivity contribution in [3.63, 3.8) is 0 Å². The van der Waals surface area contributed by atoms with E-state index >= 15 is 0 Å². The molecule has 0 spiro atoms. The van der Waals surface area contributed by atoms with Crippen LogP contribution >= 0.6 is 0 Å². The van der Waals surface area contributed by atoms with E-state index in [9.17, 15) is 4.79 Å². The average Bonchev–Trinajstić information content (AvgIpc) is 2.51. The maximum atomic E-state index is 12.1. The number of hydrogen-bond donors (Lipinski definition) is 1. The minimum atomic E-state index is -0.292. The molecule has 0 bridgehead atoms. The summed E-state index contributed by atoms with van der Waals surface area (Å²) < 4.78 is 6.36. The molecule has 0 fully saturated rings. The number of rotatable bonds is 2. The lowest BCUT2D eigenvalue weighted by Crippen LogP contribution is -2.48. The maximum Gasteiger partial charge on any atom is 0.297 e. The molecule has 1 aromatic heterocycles. The molecule has 0 saturated carbocycles. The van der Waals surface area contributed by atoms with Gasteiger partial charge in [0.05, 0.1) is 7.11 Å². The summed E-state index contributed by atoms with van der Waals surface area (Å²) in [6, 6.07) is 7.37. The number of nitrogens with zero attached hydrogens (tertiary/aromatic N) is 5. The Bertz CT molecular complexity index is 765. The van der Waals surface area contributed by atoms with Gasteiger partial charge in [-0.2, -0.15) is 4.68 Å². The number of aromatic nitrogens is 3. The first-order valence-corrected chi connectivity index (χ1v) is 6.30. The Balaban J connectivity index is 2.10. The van der Waals surface area contributed by atoms with Crippen molar-refractivity contribution in [2.75, 3.05) is 19.2 Å². The topological polar surface area (TPSA) is 84.6 Å². The summed E-state index contributed by atoms with van der Waals surface area (Å²) in [5.74, 6) is 1.63. The van der Waals surface area contributed by atoms with Gasteiger partial charge in [-0.3, -0.25) is 15.2 Å². The molecule has 1 aliphatic heterocycles. The molecule has 0 radical (unpaired) electrons. The van der Waals surface area contributed by atoms with Gasteiger partial charge in [-0.05, 0) is 31.2 Å². The molecular weight excluding hydrogens is 272 g/mol. The van der Waals surface area contributed by atoms with E-state index in [2.05, 4.69) is 20.7 Å². The van der Waals surface area contributed by atoms with E-state index < -0.39 is 0 Å². The summed E-state index contributed by atoms with van der Waals surface area (Å²) in [6.07, 6.45) is 0. The second-order valence-corrected chi connectivity index (χ2v) is 4.55. The average molecular weight is 286 g/mol. The number of benzene rings is 1. The second kappa shape index (κ2) is 4.89. The van der Waals surface area contributed by atoms with E-state index in [1.807, 2.05) is 24.3 Å². The fourth-order valence-electron chi connectivity index (χ4n) is 1.95. The summed E-state index contributed by atoms with van der Waals surface area (Å²) in [5.41, 5.74) is 3.89. The third kappa shape index (κ3) is 2.20. The standard InChI is InChI=1S/C13H14N6O2/c1-8-12(20)19-13(15-14-8)18(2)16-11(17-19)9-4-6-10(21-3)7-5-9/h4-7H,1-3H3,(H,16,17). The molecule has 21 heavy (non-hydrogen) atoms. The predicted octanol–water partition coefficient (Wildman–Crippen LogP) is 0.120. The van der Waals surface area contributed by atoms with Crippen LogP contribution in [0.25, 0.3) is 0 Å². The predicted molar refractivity (Wildman–Crippen MR) is 77.5 cm³/mol. The Morgan fingerprint density at radius 1 is 1.19 bits per heavy atom. The molecule has 0 atom stereocenters. The SMILES string of the molecule is COc1ccc(C2=Nn3c(nnc(C)c3=O)N(C)N2)cc1. The van der Waals surface area contributed by atoms with E-state index in [0.717, 1.165) is 11.3 Å². The third-order valence-electron chi connectivity index (χ3n) is 3.12. The van der Waals surface area contributed by atoms with Gasteiger partial charge in [-0.1, -0.05) is 0 Å². The minimum Gasteiger partial charge on any atom is -0.497 e. The molecule has 1 aromatic carbocycles. The lowest BCUT2D eigenvalue weighted by molar-refractivity contribution is 0.415. The lowest BCUT2D eigenvalue weighted by Gasteiger charge is -2.26. The van der Waals surface area contributed by atoms with E-state index in [0.29, 0.717) is 17.5 Å². The summed E-state index contributed by atoms with van der Waals surface area (Å²) >= 11 is 0. The minimum absolute atomic E-state index is 0.292. The molecule has 0 saturated heterocycles. The number of hydrazine groups is 1. The molecule has 0 unspecified atom stereocenters. The highest BCUT2D eigenvalue weighted by Gasteiger charge is 2.20. The van der Waals surface area contributed by atoms with Crippen molar-refractivity contribution in [1.82, 2.24) is 20.3 Å². The molecule has 2 aromatic rings. The number of aryl methyl sites for hydroxylation is 1. The van der Waals surface area contributed by atoms with Crippen LogP contribution in [0.2, 0.25) is 0 Å². The van der Waals surface area contributed by atoms with Crippen molar-refractivity contribution >= 4 is 11.8 Å². The largest absolute Gasteiger partial charge is 0.497 e. The first-order valence-electron chi connectivity index (χ1n) is 6.30. The van der Waals surface area contributed by atoms with E-state index in [1.165, 1.54) is 4.68 Å². The number of anilines is 1. The van der Waals surface area contributed by atoms with Gasteiger partial charge in [0.1, 0.15) is 11.4 Å². The summed E-state index contributed by atoms with van der Waals surface area (Å²) in [4.78, 5) is 12.1. The van der Waals surface area contributed by atoms with Crippen LogP contribution in [0.4, 0.5) is 5.95 Å². The van der Waals surface area contributed by atoms with Crippen LogP contribution < -0.4 is 20.7 Å². The highest BCUT2D eigenvalue weighted by molar-refractivity contribution is 6.00. The van der Waals surface area contributed by atoms with Crippen molar-refractivity contribution in [2.45, 2.75) is 6.92 Å². The Hall–Kier alpha value is -2.90. The lowest BCUT2D eigenvalue weighted by atomic mass is 10.2. The highest BCUT2D eigenvalue weighted by Crippen LogP contribution is 2.14. The fourth-order valence-corrected chi connectivity index (χ4v) is 1.95. The second-order valence-electron chi connectivity index (χ2n) is 4.55. The monoisotopic (exact) mass is 286 g/mol. The molecule has 0 amide bonds. The summed E-state index contributed by atoms with van der Waals surface area (Å²) in [6.45, 7) is 1.60. The Morgan fingerprint density at radius 3 is 2.57 bits per heavy atom. The number of methoxy groups -OCH3 is 1. The van der Waals surface area contributed by atoms with Crippen molar-refractivity contribution < 1.29 is 4.74 Å². The number of fused-ring (bicyclic) bond motifs is 1. The maximum absolute atomic E-state index is 12.1. The molecule has 108 valence electrons. The smallest absolute Gasteiger partial charge is 0.297 e. The molecule has 3 rings (SSSR count). The van der Waals surface area contributed by atoms with E-state index in [1.54, 1.807) is 26.1 Å². The number of ether oxygens (including phenoxy) is 1. The Labute approximate surface area is 120 Å². The quantitative estimate of drug-likeness (QED) is 0.844. The van der Waals surface area contributed by atoms with Crippen LogP contribution in [-0.4, -0.2) is 34.9 Å². The molecule has 0 aliphatic carbocycles. The summed E-state index contributed by atoms with van der Waals surface area (Å²) in [7, 11) is 3.35. The first kappa shape index (κ1) is 13.1. The molecule has 2 heterocycles. The van der Waals surface area contributed by atoms with Gasteiger partial charge >= 0.3 is 0 Å². The van der Waals surface area contributed by atoms with E-state index in [4.69, 9.17) is 4.74 Å². The van der Waals surface area contributed by atoms with Crippen molar-refractivity contribution in [3.8, 4) is 5.75 Å². The Kier molecular flexibility index (Phi) is 3.05. The van der Waals surface area contributed by atoms with Gasteiger partial charge < -0.3 is 4.74 Å². The van der Waals surface area contributed by atoms with Crippen LogP contribution in [0.5, 0.6) is 5.75 Å². The fraction of sp³-hybridized carbons (Fsp3) is 0.231. The van der Waals surface area contributed by atoms with Gasteiger partial charge in [-0.25, -0.2) is 0 Å².